The minimum atomic E-state index is -0.694. The van der Waals surface area contributed by atoms with Gasteiger partial charge >= 0.3 is 5.97 Å². The third-order valence-electron chi connectivity index (χ3n) is 2.33. The molecule has 0 unspecified atom stereocenters. The van der Waals surface area contributed by atoms with Crippen LogP contribution in [0, 0.1) is 5.41 Å². The number of hydrogen-bond acceptors (Lipinski definition) is 5. The molecule has 0 amide bonds. The Balaban J connectivity index is 1.83. The van der Waals surface area contributed by atoms with E-state index in [0.29, 0.717) is 6.42 Å². The summed E-state index contributed by atoms with van der Waals surface area (Å²) in [5.41, 5.74) is 0.0438. The fourth-order valence-electron chi connectivity index (χ4n) is 1.31. The van der Waals surface area contributed by atoms with Gasteiger partial charge in [0.25, 0.3) is 0 Å². The van der Waals surface area contributed by atoms with Crippen molar-refractivity contribution in [2.45, 2.75) is 23.6 Å². The Labute approximate surface area is 89.9 Å². The van der Waals surface area contributed by atoms with Crippen LogP contribution in [-0.2, 0) is 4.79 Å². The molecule has 2 rings (SSSR count). The zero-order valence-corrected chi connectivity index (χ0v) is 9.11. The Hall–Kier alpha value is -0.620. The molecule has 1 aliphatic carbocycles. The predicted octanol–water partition coefficient (Wildman–Crippen LogP) is 1.89. The summed E-state index contributed by atoms with van der Waals surface area (Å²) in [6.45, 7) is 0. The van der Waals surface area contributed by atoms with Gasteiger partial charge in [0.15, 0.2) is 4.34 Å². The van der Waals surface area contributed by atoms with E-state index in [1.807, 2.05) is 0 Å². The molecule has 6 heteroatoms. The van der Waals surface area contributed by atoms with Crippen LogP contribution in [0.2, 0.25) is 0 Å². The minimum absolute atomic E-state index is 0.0438. The topological polar surface area (TPSA) is 63.1 Å². The summed E-state index contributed by atoms with van der Waals surface area (Å²) >= 11 is 2.98. The molecule has 4 nitrogen and oxygen atoms in total. The number of carboxylic acid groups (broad SMARTS) is 1. The first-order valence-electron chi connectivity index (χ1n) is 4.32. The summed E-state index contributed by atoms with van der Waals surface area (Å²) in [5, 5.41) is 8.71. The zero-order valence-electron chi connectivity index (χ0n) is 7.47. The second-order valence-electron chi connectivity index (χ2n) is 3.57. The van der Waals surface area contributed by atoms with Gasteiger partial charge in [-0.05, 0) is 29.8 Å². The van der Waals surface area contributed by atoms with Crippen molar-refractivity contribution in [3.8, 4) is 0 Å². The number of thioether (sulfide) groups is 1. The Bertz CT molecular complexity index is 322. The van der Waals surface area contributed by atoms with Gasteiger partial charge in [-0.3, -0.25) is 4.79 Å². The van der Waals surface area contributed by atoms with Gasteiger partial charge in [0.2, 0.25) is 0 Å². The molecule has 0 bridgehead atoms. The molecule has 1 fully saturated rings. The summed E-state index contributed by atoms with van der Waals surface area (Å²) in [7, 11) is 0. The van der Waals surface area contributed by atoms with E-state index in [2.05, 4.69) is 9.36 Å². The van der Waals surface area contributed by atoms with E-state index in [-0.39, 0.29) is 5.41 Å². The Morgan fingerprint density at radius 2 is 2.50 bits per heavy atom. The highest BCUT2D eigenvalue weighted by atomic mass is 32.2. The number of nitrogens with zero attached hydrogens (tertiary/aromatic N) is 2. The standard InChI is InChI=1S/C8H10N2O2S2/c11-6(12)3-8(1-2-8)4-13-7-9-5-10-14-7/h5H,1-4H2,(H,11,12). The molecule has 1 aromatic rings. The molecule has 0 aromatic carbocycles. The maximum atomic E-state index is 10.6. The van der Waals surface area contributed by atoms with Crippen molar-refractivity contribution in [2.75, 3.05) is 5.75 Å². The molecule has 1 aromatic heterocycles. The van der Waals surface area contributed by atoms with Gasteiger partial charge in [-0.25, -0.2) is 4.98 Å². The molecule has 1 N–H and O–H groups in total. The predicted molar refractivity (Wildman–Crippen MR) is 54.6 cm³/mol. The van der Waals surface area contributed by atoms with Crippen LogP contribution in [0.1, 0.15) is 19.3 Å². The average molecular weight is 230 g/mol. The smallest absolute Gasteiger partial charge is 0.303 e. The maximum Gasteiger partial charge on any atom is 0.303 e. The lowest BCUT2D eigenvalue weighted by Gasteiger charge is -2.09. The van der Waals surface area contributed by atoms with E-state index in [1.165, 1.54) is 17.9 Å². The van der Waals surface area contributed by atoms with Crippen LogP contribution in [-0.4, -0.2) is 26.2 Å². The van der Waals surface area contributed by atoms with Crippen molar-refractivity contribution in [1.82, 2.24) is 9.36 Å². The molecule has 0 aliphatic heterocycles. The molecule has 14 heavy (non-hydrogen) atoms. The quantitative estimate of drug-likeness (QED) is 0.782. The molecule has 0 atom stereocenters. The Morgan fingerprint density at radius 3 is 3.00 bits per heavy atom. The van der Waals surface area contributed by atoms with E-state index in [1.54, 1.807) is 11.8 Å². The number of rotatable bonds is 5. The number of aliphatic carboxylic acids is 1. The van der Waals surface area contributed by atoms with Crippen molar-refractivity contribution in [1.29, 1.82) is 0 Å². The molecule has 1 aliphatic rings. The molecular weight excluding hydrogens is 220 g/mol. The molecule has 0 spiro atoms. The van der Waals surface area contributed by atoms with Crippen molar-refractivity contribution < 1.29 is 9.90 Å². The number of carbonyl (C=O) groups is 1. The lowest BCUT2D eigenvalue weighted by molar-refractivity contribution is -0.138. The van der Waals surface area contributed by atoms with E-state index >= 15 is 0 Å². The first-order valence-corrected chi connectivity index (χ1v) is 6.07. The van der Waals surface area contributed by atoms with Crippen molar-refractivity contribution >= 4 is 29.3 Å². The SMILES string of the molecule is O=C(O)CC1(CSc2ncns2)CC1. The van der Waals surface area contributed by atoms with Crippen LogP contribution < -0.4 is 0 Å². The summed E-state index contributed by atoms with van der Waals surface area (Å²) in [6.07, 6.45) is 3.89. The monoisotopic (exact) mass is 230 g/mol. The number of aromatic nitrogens is 2. The highest BCUT2D eigenvalue weighted by Crippen LogP contribution is 2.51. The van der Waals surface area contributed by atoms with Gasteiger partial charge in [0.05, 0.1) is 6.42 Å². The minimum Gasteiger partial charge on any atom is -0.481 e. The third kappa shape index (κ3) is 2.45. The van der Waals surface area contributed by atoms with Gasteiger partial charge < -0.3 is 5.11 Å². The summed E-state index contributed by atoms with van der Waals surface area (Å²) in [4.78, 5) is 14.6. The maximum absolute atomic E-state index is 10.6. The van der Waals surface area contributed by atoms with Crippen LogP contribution in [0.25, 0.3) is 0 Å². The van der Waals surface area contributed by atoms with Gasteiger partial charge in [-0.1, -0.05) is 11.8 Å². The van der Waals surface area contributed by atoms with Crippen molar-refractivity contribution in [3.63, 3.8) is 0 Å². The fraction of sp³-hybridized carbons (Fsp3) is 0.625. The van der Waals surface area contributed by atoms with E-state index < -0.39 is 5.97 Å². The Morgan fingerprint density at radius 1 is 1.71 bits per heavy atom. The highest BCUT2D eigenvalue weighted by molar-refractivity contribution is 8.00. The average Bonchev–Trinajstić information content (AvgIpc) is 2.68. The zero-order chi connectivity index (χ0) is 10.0. The van der Waals surface area contributed by atoms with Crippen LogP contribution in [0.3, 0.4) is 0 Å². The largest absolute Gasteiger partial charge is 0.481 e. The second kappa shape index (κ2) is 3.86. The van der Waals surface area contributed by atoms with Crippen LogP contribution in [0.4, 0.5) is 0 Å². The van der Waals surface area contributed by atoms with Crippen LogP contribution >= 0.6 is 23.3 Å². The van der Waals surface area contributed by atoms with E-state index in [9.17, 15) is 4.79 Å². The Kier molecular flexibility index (Phi) is 2.73. The molecule has 0 radical (unpaired) electrons. The van der Waals surface area contributed by atoms with E-state index in [0.717, 1.165) is 22.9 Å². The number of carboxylic acids is 1. The fourth-order valence-corrected chi connectivity index (χ4v) is 3.05. The van der Waals surface area contributed by atoms with Crippen molar-refractivity contribution in [3.05, 3.63) is 6.33 Å². The molecule has 1 heterocycles. The second-order valence-corrected chi connectivity index (χ2v) is 5.57. The van der Waals surface area contributed by atoms with Gasteiger partial charge in [0, 0.05) is 5.75 Å². The lowest BCUT2D eigenvalue weighted by atomic mass is 10.1. The van der Waals surface area contributed by atoms with Gasteiger partial charge in [0.1, 0.15) is 6.33 Å². The first kappa shape index (κ1) is 9.92. The summed E-state index contributed by atoms with van der Waals surface area (Å²) < 4.78 is 4.83. The third-order valence-corrected chi connectivity index (χ3v) is 4.47. The summed E-state index contributed by atoms with van der Waals surface area (Å²) in [6, 6.07) is 0. The first-order chi connectivity index (χ1) is 6.70. The molecule has 0 saturated heterocycles. The normalized spacial score (nSPS) is 18.0. The van der Waals surface area contributed by atoms with Crippen LogP contribution in [0.5, 0.6) is 0 Å². The van der Waals surface area contributed by atoms with Gasteiger partial charge in [-0.15, -0.1) is 0 Å². The molecule has 76 valence electrons. The van der Waals surface area contributed by atoms with Crippen molar-refractivity contribution in [2.24, 2.45) is 5.41 Å². The highest BCUT2D eigenvalue weighted by Gasteiger charge is 2.44. The number of hydrogen-bond donors (Lipinski definition) is 1. The van der Waals surface area contributed by atoms with Crippen LogP contribution in [0.15, 0.2) is 10.7 Å². The van der Waals surface area contributed by atoms with Gasteiger partial charge in [-0.2, -0.15) is 4.37 Å². The molecule has 1 saturated carbocycles. The lowest BCUT2D eigenvalue weighted by Crippen LogP contribution is -2.10. The summed E-state index contributed by atoms with van der Waals surface area (Å²) in [5.74, 6) is 0.162. The van der Waals surface area contributed by atoms with E-state index in [4.69, 9.17) is 5.11 Å². The molecular formula is C8H10N2O2S2.